The zero-order valence-electron chi connectivity index (χ0n) is 15.4. The van der Waals surface area contributed by atoms with Crippen LogP contribution in [0, 0.1) is 6.92 Å². The number of carbonyl (C=O) groups is 1. The zero-order valence-corrected chi connectivity index (χ0v) is 17.0. The van der Waals surface area contributed by atoms with Gasteiger partial charge in [-0.1, -0.05) is 0 Å². The number of rotatable bonds is 8. The highest BCUT2D eigenvalue weighted by Crippen LogP contribution is 2.23. The molecule has 0 saturated carbocycles. The van der Waals surface area contributed by atoms with E-state index in [0.29, 0.717) is 22.6 Å². The second-order valence-corrected chi connectivity index (χ2v) is 9.30. The Kier molecular flexibility index (Phi) is 5.97. The van der Waals surface area contributed by atoms with E-state index in [-0.39, 0.29) is 18.9 Å². The van der Waals surface area contributed by atoms with Crippen LogP contribution in [0.3, 0.4) is 0 Å². The van der Waals surface area contributed by atoms with Gasteiger partial charge in [0.05, 0.1) is 11.1 Å². The predicted molar refractivity (Wildman–Crippen MR) is 108 cm³/mol. The molecule has 2 heterocycles. The number of Topliss-reactive ketones (excluding diaryl/α,β-unsaturated/α-hetero) is 1. The van der Waals surface area contributed by atoms with Crippen molar-refractivity contribution in [3.63, 3.8) is 0 Å². The van der Waals surface area contributed by atoms with Crippen molar-refractivity contribution in [2.75, 3.05) is 19.4 Å². The number of ether oxygens (including phenoxy) is 1. The third kappa shape index (κ3) is 5.28. The van der Waals surface area contributed by atoms with Gasteiger partial charge in [0.25, 0.3) is 0 Å². The molecule has 7 nitrogen and oxygen atoms in total. The molecule has 0 radical (unpaired) electrons. The summed E-state index contributed by atoms with van der Waals surface area (Å²) < 4.78 is 35.3. The first-order valence-corrected chi connectivity index (χ1v) is 11.2. The molecule has 0 bridgehead atoms. The summed E-state index contributed by atoms with van der Waals surface area (Å²) >= 11 is 1.31. The predicted octanol–water partition coefficient (Wildman–Crippen LogP) is 2.52. The quantitative estimate of drug-likeness (QED) is 0.443. The van der Waals surface area contributed by atoms with Crippen LogP contribution in [0.4, 0.5) is 0 Å². The molecule has 3 aromatic rings. The second kappa shape index (κ2) is 8.26. The van der Waals surface area contributed by atoms with Crippen LogP contribution < -0.4 is 15.1 Å². The molecule has 2 aromatic heterocycles. The smallest absolute Gasteiger partial charge is 0.336 e. The van der Waals surface area contributed by atoms with Crippen molar-refractivity contribution in [1.82, 2.24) is 4.72 Å². The van der Waals surface area contributed by atoms with E-state index in [1.807, 2.05) is 6.92 Å². The summed E-state index contributed by atoms with van der Waals surface area (Å²) in [6, 6.07) is 10.0. The Labute approximate surface area is 166 Å². The lowest BCUT2D eigenvalue weighted by Gasteiger charge is -2.06. The van der Waals surface area contributed by atoms with E-state index in [2.05, 4.69) is 4.72 Å². The monoisotopic (exact) mass is 421 g/mol. The number of aryl methyl sites for hydroxylation is 1. The Morgan fingerprint density at radius 1 is 1.21 bits per heavy atom. The number of ketones is 1. The number of carbonyl (C=O) groups excluding carboxylic acids is 1. The van der Waals surface area contributed by atoms with E-state index < -0.39 is 15.6 Å². The average Bonchev–Trinajstić information content (AvgIpc) is 3.07. The lowest BCUT2D eigenvalue weighted by Crippen LogP contribution is -2.24. The average molecular weight is 421 g/mol. The summed E-state index contributed by atoms with van der Waals surface area (Å²) in [5, 5.41) is 0.809. The van der Waals surface area contributed by atoms with Crippen LogP contribution in [-0.2, 0) is 16.4 Å². The van der Waals surface area contributed by atoms with Gasteiger partial charge in [0.15, 0.2) is 6.61 Å². The molecule has 0 unspecified atom stereocenters. The first kappa shape index (κ1) is 20.2. The van der Waals surface area contributed by atoms with Crippen LogP contribution >= 0.6 is 11.3 Å². The van der Waals surface area contributed by atoms with Crippen molar-refractivity contribution in [3.8, 4) is 5.75 Å². The van der Waals surface area contributed by atoms with E-state index in [4.69, 9.17) is 9.15 Å². The summed E-state index contributed by atoms with van der Waals surface area (Å²) in [6.45, 7) is 1.96. The van der Waals surface area contributed by atoms with Gasteiger partial charge in [-0.25, -0.2) is 17.9 Å². The molecule has 0 spiro atoms. The van der Waals surface area contributed by atoms with Crippen molar-refractivity contribution in [3.05, 3.63) is 62.1 Å². The molecule has 0 amide bonds. The van der Waals surface area contributed by atoms with E-state index >= 15 is 0 Å². The van der Waals surface area contributed by atoms with Gasteiger partial charge >= 0.3 is 5.63 Å². The Balaban J connectivity index is 1.61. The number of hydrogen-bond acceptors (Lipinski definition) is 7. The first-order valence-electron chi connectivity index (χ1n) is 8.45. The number of hydrogen-bond donors (Lipinski definition) is 1. The third-order valence-electron chi connectivity index (χ3n) is 3.96. The van der Waals surface area contributed by atoms with Gasteiger partial charge < -0.3 is 9.15 Å². The summed E-state index contributed by atoms with van der Waals surface area (Å²) in [6.07, 6.45) is 1.61. The van der Waals surface area contributed by atoms with E-state index in [0.717, 1.165) is 22.1 Å². The normalized spacial score (nSPS) is 11.6. The van der Waals surface area contributed by atoms with Gasteiger partial charge in [0.2, 0.25) is 15.8 Å². The SMILES string of the molecule is Cc1cc(=O)oc2cc(OCC(=O)c3ccc(CCNS(C)(=O)=O)s3)ccc12. The highest BCUT2D eigenvalue weighted by molar-refractivity contribution is 7.88. The number of benzene rings is 1. The van der Waals surface area contributed by atoms with Crippen molar-refractivity contribution < 1.29 is 22.4 Å². The van der Waals surface area contributed by atoms with Gasteiger partial charge in [-0.05, 0) is 43.2 Å². The fourth-order valence-corrected chi connectivity index (χ4v) is 4.04. The maximum absolute atomic E-state index is 12.3. The highest BCUT2D eigenvalue weighted by Gasteiger charge is 2.12. The maximum atomic E-state index is 12.3. The lowest BCUT2D eigenvalue weighted by atomic mass is 10.1. The van der Waals surface area contributed by atoms with Gasteiger partial charge in [-0.15, -0.1) is 11.3 Å². The molecule has 28 heavy (non-hydrogen) atoms. The van der Waals surface area contributed by atoms with E-state index in [1.165, 1.54) is 17.4 Å². The molecular formula is C19H19NO6S2. The topological polar surface area (TPSA) is 103 Å². The molecule has 0 aliphatic heterocycles. The minimum Gasteiger partial charge on any atom is -0.485 e. The van der Waals surface area contributed by atoms with Crippen molar-refractivity contribution in [2.45, 2.75) is 13.3 Å². The summed E-state index contributed by atoms with van der Waals surface area (Å²) in [4.78, 5) is 25.3. The van der Waals surface area contributed by atoms with Crippen LogP contribution in [0.1, 0.15) is 20.1 Å². The van der Waals surface area contributed by atoms with Gasteiger partial charge in [-0.2, -0.15) is 0 Å². The molecular weight excluding hydrogens is 402 g/mol. The number of sulfonamides is 1. The summed E-state index contributed by atoms with van der Waals surface area (Å²) in [5.74, 6) is 0.252. The fourth-order valence-electron chi connectivity index (χ4n) is 2.64. The Morgan fingerprint density at radius 3 is 2.75 bits per heavy atom. The van der Waals surface area contributed by atoms with Crippen molar-refractivity contribution in [1.29, 1.82) is 0 Å². The van der Waals surface area contributed by atoms with Crippen LogP contribution in [0.2, 0.25) is 0 Å². The van der Waals surface area contributed by atoms with E-state index in [9.17, 15) is 18.0 Å². The lowest BCUT2D eigenvalue weighted by molar-refractivity contribution is 0.0925. The molecule has 0 atom stereocenters. The maximum Gasteiger partial charge on any atom is 0.336 e. The number of fused-ring (bicyclic) bond motifs is 1. The first-order chi connectivity index (χ1) is 13.2. The summed E-state index contributed by atoms with van der Waals surface area (Å²) in [5.41, 5.74) is 0.784. The van der Waals surface area contributed by atoms with Crippen molar-refractivity contribution >= 4 is 38.1 Å². The molecule has 1 aromatic carbocycles. The molecule has 9 heteroatoms. The Hall–Kier alpha value is -2.49. The molecule has 0 saturated heterocycles. The van der Waals surface area contributed by atoms with Crippen LogP contribution in [0.25, 0.3) is 11.0 Å². The van der Waals surface area contributed by atoms with Gasteiger partial charge in [0.1, 0.15) is 11.3 Å². The Bertz CT molecular complexity index is 1180. The molecule has 0 fully saturated rings. The molecule has 0 aliphatic rings. The van der Waals surface area contributed by atoms with Gasteiger partial charge in [0, 0.05) is 28.9 Å². The van der Waals surface area contributed by atoms with Crippen LogP contribution in [-0.4, -0.2) is 33.6 Å². The zero-order chi connectivity index (χ0) is 20.3. The largest absolute Gasteiger partial charge is 0.485 e. The number of thiophene rings is 1. The van der Waals surface area contributed by atoms with Crippen molar-refractivity contribution in [2.24, 2.45) is 0 Å². The molecule has 3 rings (SSSR count). The molecule has 148 valence electrons. The van der Waals surface area contributed by atoms with Gasteiger partial charge in [-0.3, -0.25) is 4.79 Å². The van der Waals surface area contributed by atoms with Crippen LogP contribution in [0.5, 0.6) is 5.75 Å². The standard InChI is InChI=1S/C19H19NO6S2/c1-12-9-19(22)26-17-10-13(3-5-15(12)17)25-11-16(21)18-6-4-14(27-18)7-8-20-28(2,23)24/h3-6,9-10,20H,7-8,11H2,1-2H3. The second-order valence-electron chi connectivity index (χ2n) is 6.30. The molecule has 1 N–H and O–H groups in total. The Morgan fingerprint density at radius 2 is 2.00 bits per heavy atom. The van der Waals surface area contributed by atoms with Crippen LogP contribution in [0.15, 0.2) is 45.6 Å². The van der Waals surface area contributed by atoms with E-state index in [1.54, 1.807) is 30.3 Å². The minimum absolute atomic E-state index is 0.150. The molecule has 0 aliphatic carbocycles. The fraction of sp³-hybridized carbons (Fsp3) is 0.263. The highest BCUT2D eigenvalue weighted by atomic mass is 32.2. The number of nitrogens with one attached hydrogen (secondary N) is 1. The third-order valence-corrected chi connectivity index (χ3v) is 5.88. The minimum atomic E-state index is -3.22. The summed E-state index contributed by atoms with van der Waals surface area (Å²) in [7, 11) is -3.22.